The lowest BCUT2D eigenvalue weighted by Gasteiger charge is -2.66. The number of nitrogens with zero attached hydrogens (tertiary/aromatic N) is 1. The van der Waals surface area contributed by atoms with Gasteiger partial charge in [-0.15, -0.1) is 0 Å². The topological polar surface area (TPSA) is 46.3 Å². The Hall–Kier alpha value is -1.35. The Morgan fingerprint density at radius 2 is 1.92 bits per heavy atom. The monoisotopic (exact) mass is 352 g/mol. The number of amides is 1. The molecule has 0 radical (unpaired) electrons. The van der Waals surface area contributed by atoms with E-state index in [-0.39, 0.29) is 16.9 Å². The van der Waals surface area contributed by atoms with E-state index in [4.69, 9.17) is 5.73 Å². The average Bonchev–Trinajstić information content (AvgIpc) is 2.60. The molecule has 4 bridgehead atoms. The molecule has 1 amide bonds. The van der Waals surface area contributed by atoms with E-state index in [0.29, 0.717) is 17.2 Å². The fourth-order valence-electron chi connectivity index (χ4n) is 7.80. The van der Waals surface area contributed by atoms with Gasteiger partial charge < -0.3 is 10.6 Å². The highest BCUT2D eigenvalue weighted by atomic mass is 16.2. The molecule has 5 fully saturated rings. The minimum atomic E-state index is -0.138. The van der Waals surface area contributed by atoms with Gasteiger partial charge in [-0.1, -0.05) is 37.3 Å². The molecule has 0 spiro atoms. The van der Waals surface area contributed by atoms with Crippen LogP contribution < -0.4 is 5.73 Å². The summed E-state index contributed by atoms with van der Waals surface area (Å²) < 4.78 is 0. The zero-order chi connectivity index (χ0) is 18.0. The van der Waals surface area contributed by atoms with Crippen LogP contribution in [-0.2, 0) is 10.2 Å². The third-order valence-electron chi connectivity index (χ3n) is 7.93. The first kappa shape index (κ1) is 16.8. The van der Waals surface area contributed by atoms with Gasteiger partial charge in [0.05, 0.1) is 5.41 Å². The summed E-state index contributed by atoms with van der Waals surface area (Å²) in [6.07, 6.45) is 9.24. The lowest BCUT2D eigenvalue weighted by molar-refractivity contribution is -0.171. The molecule has 1 aromatic carbocycles. The van der Waals surface area contributed by atoms with Gasteiger partial charge in [-0.2, -0.15) is 0 Å². The number of piperidine rings is 1. The number of likely N-dealkylation sites (tertiary alicyclic amines) is 1. The largest absolute Gasteiger partial charge is 0.341 e. The summed E-state index contributed by atoms with van der Waals surface area (Å²) in [5.74, 6) is 1.14. The summed E-state index contributed by atoms with van der Waals surface area (Å²) in [7, 11) is 0. The lowest BCUT2D eigenvalue weighted by Crippen LogP contribution is -2.63. The minimum absolute atomic E-state index is 0.138. The third kappa shape index (κ3) is 2.46. The van der Waals surface area contributed by atoms with Crippen molar-refractivity contribution < 1.29 is 4.79 Å². The Kier molecular flexibility index (Phi) is 3.60. The number of benzene rings is 1. The molecule has 140 valence electrons. The van der Waals surface area contributed by atoms with Crippen LogP contribution in [0.15, 0.2) is 30.3 Å². The second-order valence-electron chi connectivity index (χ2n) is 10.4. The zero-order valence-electron chi connectivity index (χ0n) is 16.0. The fourth-order valence-corrected chi connectivity index (χ4v) is 7.80. The smallest absolute Gasteiger partial charge is 0.228 e. The van der Waals surface area contributed by atoms with Crippen molar-refractivity contribution in [2.75, 3.05) is 13.1 Å². The van der Waals surface area contributed by atoms with Crippen molar-refractivity contribution in [3.05, 3.63) is 35.9 Å². The predicted octanol–water partition coefficient (Wildman–Crippen LogP) is 3.86. The molecule has 2 N–H and O–H groups in total. The first-order valence-corrected chi connectivity index (χ1v) is 10.5. The van der Waals surface area contributed by atoms with Gasteiger partial charge in [0.15, 0.2) is 0 Å². The van der Waals surface area contributed by atoms with E-state index >= 15 is 0 Å². The Bertz CT molecular complexity index is 718. The van der Waals surface area contributed by atoms with Crippen LogP contribution in [0, 0.1) is 16.7 Å². The summed E-state index contributed by atoms with van der Waals surface area (Å²) in [6.45, 7) is 4.13. The summed E-state index contributed by atoms with van der Waals surface area (Å²) in [4.78, 5) is 15.9. The van der Waals surface area contributed by atoms with Gasteiger partial charge in [-0.25, -0.2) is 0 Å². The summed E-state index contributed by atoms with van der Waals surface area (Å²) in [5, 5.41) is 0. The number of hydrogen-bond donors (Lipinski definition) is 1. The van der Waals surface area contributed by atoms with Gasteiger partial charge >= 0.3 is 0 Å². The van der Waals surface area contributed by atoms with E-state index in [0.717, 1.165) is 45.2 Å². The molecule has 1 aliphatic heterocycles. The standard InChI is InChI=1S/C23H32N2O/c1-21-10-17-11-22(14-21,18-6-3-2-4-7-18)16-23(12-17,15-21)20(26)25-9-5-8-19(24)13-25/h2-4,6-7,17,19H,5,8-16,24H2,1H3/t17?,19-,21-,22-,23?/m1/s1. The molecule has 1 heterocycles. The van der Waals surface area contributed by atoms with Crippen LogP contribution in [0.4, 0.5) is 0 Å². The molecule has 6 rings (SSSR count). The van der Waals surface area contributed by atoms with E-state index in [2.05, 4.69) is 42.2 Å². The van der Waals surface area contributed by atoms with Crippen LogP contribution in [0.1, 0.15) is 63.9 Å². The van der Waals surface area contributed by atoms with Crippen molar-refractivity contribution >= 4 is 5.91 Å². The number of nitrogens with two attached hydrogens (primary N) is 1. The summed E-state index contributed by atoms with van der Waals surface area (Å²) in [6, 6.07) is 11.3. The van der Waals surface area contributed by atoms with Gasteiger partial charge in [0.1, 0.15) is 0 Å². The maximum atomic E-state index is 13.8. The van der Waals surface area contributed by atoms with Crippen LogP contribution in [0.2, 0.25) is 0 Å². The molecule has 1 aromatic rings. The molecule has 4 saturated carbocycles. The van der Waals surface area contributed by atoms with Crippen LogP contribution in [0.3, 0.4) is 0 Å². The molecule has 5 atom stereocenters. The highest BCUT2D eigenvalue weighted by Crippen LogP contribution is 2.70. The maximum Gasteiger partial charge on any atom is 0.228 e. The van der Waals surface area contributed by atoms with Crippen molar-refractivity contribution in [3.63, 3.8) is 0 Å². The third-order valence-corrected chi connectivity index (χ3v) is 7.93. The second-order valence-corrected chi connectivity index (χ2v) is 10.4. The van der Waals surface area contributed by atoms with E-state index in [1.54, 1.807) is 0 Å². The molecular weight excluding hydrogens is 320 g/mol. The zero-order valence-corrected chi connectivity index (χ0v) is 16.0. The second kappa shape index (κ2) is 5.58. The van der Waals surface area contributed by atoms with Crippen LogP contribution in [0.5, 0.6) is 0 Å². The molecule has 0 aromatic heterocycles. The Morgan fingerprint density at radius 1 is 1.12 bits per heavy atom. The van der Waals surface area contributed by atoms with Crippen molar-refractivity contribution in [2.45, 2.75) is 69.7 Å². The summed E-state index contributed by atoms with van der Waals surface area (Å²) >= 11 is 0. The quantitative estimate of drug-likeness (QED) is 0.878. The molecule has 26 heavy (non-hydrogen) atoms. The van der Waals surface area contributed by atoms with Crippen molar-refractivity contribution in [1.82, 2.24) is 4.90 Å². The molecule has 3 nitrogen and oxygen atoms in total. The molecule has 4 aliphatic carbocycles. The first-order chi connectivity index (χ1) is 12.4. The molecule has 3 heteroatoms. The Labute approximate surface area is 157 Å². The Balaban J connectivity index is 1.53. The molecular formula is C23H32N2O. The Morgan fingerprint density at radius 3 is 2.65 bits per heavy atom. The first-order valence-electron chi connectivity index (χ1n) is 10.5. The van der Waals surface area contributed by atoms with Gasteiger partial charge in [-0.05, 0) is 73.7 Å². The highest BCUT2D eigenvalue weighted by Gasteiger charge is 2.65. The minimum Gasteiger partial charge on any atom is -0.341 e. The van der Waals surface area contributed by atoms with Crippen LogP contribution in [-0.4, -0.2) is 29.9 Å². The van der Waals surface area contributed by atoms with Crippen molar-refractivity contribution in [2.24, 2.45) is 22.5 Å². The van der Waals surface area contributed by atoms with Gasteiger partial charge in [-0.3, -0.25) is 4.79 Å². The van der Waals surface area contributed by atoms with Gasteiger partial charge in [0.2, 0.25) is 5.91 Å². The van der Waals surface area contributed by atoms with E-state index in [9.17, 15) is 4.79 Å². The summed E-state index contributed by atoms with van der Waals surface area (Å²) in [5.41, 5.74) is 8.07. The fraction of sp³-hybridized carbons (Fsp3) is 0.696. The van der Waals surface area contributed by atoms with Crippen LogP contribution >= 0.6 is 0 Å². The number of hydrogen-bond acceptors (Lipinski definition) is 2. The number of rotatable bonds is 2. The molecule has 2 unspecified atom stereocenters. The molecule has 1 saturated heterocycles. The van der Waals surface area contributed by atoms with Crippen molar-refractivity contribution in [1.29, 1.82) is 0 Å². The van der Waals surface area contributed by atoms with Gasteiger partial charge in [0, 0.05) is 19.1 Å². The van der Waals surface area contributed by atoms with Gasteiger partial charge in [0.25, 0.3) is 0 Å². The number of carbonyl (C=O) groups is 1. The SMILES string of the molecule is C[C@]12CC3CC(C(=O)N4CCC[C@@H](N)C4)(C1)C[C@@](c1ccccc1)(C3)C2. The average molecular weight is 353 g/mol. The van der Waals surface area contributed by atoms with E-state index in [1.807, 2.05) is 0 Å². The number of carbonyl (C=O) groups excluding carboxylic acids is 1. The highest BCUT2D eigenvalue weighted by molar-refractivity contribution is 5.84. The lowest BCUT2D eigenvalue weighted by atomic mass is 9.38. The predicted molar refractivity (Wildman–Crippen MR) is 104 cm³/mol. The maximum absolute atomic E-state index is 13.8. The van der Waals surface area contributed by atoms with E-state index < -0.39 is 0 Å². The van der Waals surface area contributed by atoms with Crippen LogP contribution in [0.25, 0.3) is 0 Å². The molecule has 5 aliphatic rings. The normalized spacial score (nSPS) is 44.3. The van der Waals surface area contributed by atoms with E-state index in [1.165, 1.54) is 24.8 Å². The van der Waals surface area contributed by atoms with Crippen molar-refractivity contribution in [3.8, 4) is 0 Å².